The normalized spacial score (nSPS) is 14.0. The van der Waals surface area contributed by atoms with Crippen LogP contribution in [0.1, 0.15) is 59.0 Å². The van der Waals surface area contributed by atoms with Crippen LogP contribution >= 0.6 is 0 Å². The highest BCUT2D eigenvalue weighted by molar-refractivity contribution is 5.69. The Bertz CT molecular complexity index is 547. The minimum Gasteiger partial charge on any atom is -0.444 e. The van der Waals surface area contributed by atoms with Crippen molar-refractivity contribution >= 4 is 11.7 Å². The topological polar surface area (TPSA) is 75.5 Å². The van der Waals surface area contributed by atoms with E-state index in [-0.39, 0.29) is 12.6 Å². The van der Waals surface area contributed by atoms with Gasteiger partial charge in [-0.05, 0) is 47.1 Å². The van der Waals surface area contributed by atoms with Crippen molar-refractivity contribution in [2.24, 2.45) is 0 Å². The molecule has 0 radical (unpaired) electrons. The number of aliphatic hydroxyl groups is 1. The van der Waals surface area contributed by atoms with E-state index in [2.05, 4.69) is 16.5 Å². The van der Waals surface area contributed by atoms with Gasteiger partial charge in [0.25, 0.3) is 0 Å². The molecule has 23 heavy (non-hydrogen) atoms. The maximum Gasteiger partial charge on any atom is 0.410 e. The molecule has 0 saturated carbocycles. The predicted octanol–water partition coefficient (Wildman–Crippen LogP) is 3.19. The molecule has 1 aromatic heterocycles. The van der Waals surface area contributed by atoms with E-state index in [4.69, 9.17) is 4.74 Å². The lowest BCUT2D eigenvalue weighted by Gasteiger charge is -2.32. The minimum atomic E-state index is -0.666. The highest BCUT2D eigenvalue weighted by Crippen LogP contribution is 2.22. The van der Waals surface area contributed by atoms with Crippen LogP contribution in [0.25, 0.3) is 5.57 Å². The van der Waals surface area contributed by atoms with E-state index in [0.29, 0.717) is 5.82 Å². The fourth-order valence-corrected chi connectivity index (χ4v) is 1.95. The third-order valence-electron chi connectivity index (χ3n) is 3.09. The van der Waals surface area contributed by atoms with Gasteiger partial charge in [0.05, 0.1) is 18.7 Å². The van der Waals surface area contributed by atoms with Crippen molar-refractivity contribution in [1.82, 2.24) is 14.9 Å². The van der Waals surface area contributed by atoms with Gasteiger partial charge in [-0.15, -0.1) is 0 Å². The van der Waals surface area contributed by atoms with Gasteiger partial charge in [-0.3, -0.25) is 4.90 Å². The summed E-state index contributed by atoms with van der Waals surface area (Å²) in [6, 6.07) is -0.321. The van der Waals surface area contributed by atoms with Crippen molar-refractivity contribution in [3.63, 3.8) is 0 Å². The van der Waals surface area contributed by atoms with E-state index in [1.54, 1.807) is 40.1 Å². The van der Waals surface area contributed by atoms with Crippen LogP contribution in [0.5, 0.6) is 0 Å². The number of hydrogen-bond donors (Lipinski definition) is 1. The molecule has 1 N–H and O–H groups in total. The third kappa shape index (κ3) is 5.98. The summed E-state index contributed by atoms with van der Waals surface area (Å²) in [5, 5.41) is 9.69. The SMILES string of the molecule is C=C(C)c1ncc(C(C)N(C[C@@H](C)O)C(=O)OC(C)(C)C)cn1. The molecule has 0 aliphatic rings. The molecule has 128 valence electrons. The van der Waals surface area contributed by atoms with Crippen molar-refractivity contribution < 1.29 is 14.6 Å². The maximum atomic E-state index is 12.4. The van der Waals surface area contributed by atoms with E-state index >= 15 is 0 Å². The number of amides is 1. The quantitative estimate of drug-likeness (QED) is 0.901. The van der Waals surface area contributed by atoms with Gasteiger partial charge in [0.15, 0.2) is 5.82 Å². The smallest absolute Gasteiger partial charge is 0.410 e. The van der Waals surface area contributed by atoms with E-state index in [1.165, 1.54) is 4.90 Å². The highest BCUT2D eigenvalue weighted by atomic mass is 16.6. The minimum absolute atomic E-state index is 0.165. The van der Waals surface area contributed by atoms with E-state index < -0.39 is 17.8 Å². The van der Waals surface area contributed by atoms with Crippen LogP contribution < -0.4 is 0 Å². The number of carbonyl (C=O) groups is 1. The number of ether oxygens (including phenoxy) is 1. The summed E-state index contributed by atoms with van der Waals surface area (Å²) in [5.74, 6) is 0.570. The van der Waals surface area contributed by atoms with Crippen molar-refractivity contribution in [2.75, 3.05) is 6.54 Å². The largest absolute Gasteiger partial charge is 0.444 e. The number of allylic oxidation sites excluding steroid dienone is 1. The molecule has 1 aromatic rings. The van der Waals surface area contributed by atoms with E-state index in [9.17, 15) is 9.90 Å². The Hall–Kier alpha value is -1.95. The Morgan fingerprint density at radius 2 is 1.87 bits per heavy atom. The molecule has 1 amide bonds. The second-order valence-corrected chi connectivity index (χ2v) is 6.78. The molecule has 1 rings (SSSR count). The zero-order valence-electron chi connectivity index (χ0n) is 14.8. The summed E-state index contributed by atoms with van der Waals surface area (Å²) in [6.45, 7) is 14.7. The van der Waals surface area contributed by atoms with Crippen LogP contribution in [0.4, 0.5) is 4.79 Å². The van der Waals surface area contributed by atoms with Gasteiger partial charge < -0.3 is 9.84 Å². The number of carbonyl (C=O) groups excluding carboxylic acids is 1. The van der Waals surface area contributed by atoms with Crippen molar-refractivity contribution in [1.29, 1.82) is 0 Å². The van der Waals surface area contributed by atoms with Crippen molar-refractivity contribution in [3.8, 4) is 0 Å². The molecule has 6 heteroatoms. The lowest BCUT2D eigenvalue weighted by Crippen LogP contribution is -2.42. The molecule has 0 spiro atoms. The van der Waals surface area contributed by atoms with Crippen molar-refractivity contribution in [3.05, 3.63) is 30.4 Å². The van der Waals surface area contributed by atoms with Crippen LogP contribution in [0.3, 0.4) is 0 Å². The molecule has 0 aliphatic heterocycles. The van der Waals surface area contributed by atoms with Gasteiger partial charge >= 0.3 is 6.09 Å². The summed E-state index contributed by atoms with van der Waals surface area (Å²) >= 11 is 0. The number of hydrogen-bond acceptors (Lipinski definition) is 5. The molecule has 0 fully saturated rings. The summed E-state index contributed by atoms with van der Waals surface area (Å²) in [4.78, 5) is 22.4. The van der Waals surface area contributed by atoms with Crippen LogP contribution in [-0.4, -0.2) is 44.3 Å². The summed E-state index contributed by atoms with van der Waals surface area (Å²) in [5.41, 5.74) is 0.937. The maximum absolute atomic E-state index is 12.4. The number of nitrogens with zero attached hydrogens (tertiary/aromatic N) is 3. The lowest BCUT2D eigenvalue weighted by atomic mass is 10.1. The highest BCUT2D eigenvalue weighted by Gasteiger charge is 2.28. The Kier molecular flexibility index (Phi) is 6.27. The van der Waals surface area contributed by atoms with Crippen LogP contribution in [0, 0.1) is 0 Å². The first-order chi connectivity index (χ1) is 10.5. The van der Waals surface area contributed by atoms with Gasteiger partial charge in [0.2, 0.25) is 0 Å². The van der Waals surface area contributed by atoms with Crippen molar-refractivity contribution in [2.45, 2.75) is 59.3 Å². The lowest BCUT2D eigenvalue weighted by molar-refractivity contribution is 0.00703. The molecule has 1 unspecified atom stereocenters. The molecule has 1 heterocycles. The third-order valence-corrected chi connectivity index (χ3v) is 3.09. The Balaban J connectivity index is 3.01. The monoisotopic (exact) mass is 321 g/mol. The van der Waals surface area contributed by atoms with E-state index in [1.807, 2.05) is 13.8 Å². The molecule has 0 saturated heterocycles. The van der Waals surface area contributed by atoms with Crippen LogP contribution in [-0.2, 0) is 4.74 Å². The summed E-state index contributed by atoms with van der Waals surface area (Å²) in [6.07, 6.45) is 2.19. The Morgan fingerprint density at radius 1 is 1.35 bits per heavy atom. The fourth-order valence-electron chi connectivity index (χ4n) is 1.95. The second kappa shape index (κ2) is 7.55. The summed E-state index contributed by atoms with van der Waals surface area (Å²) in [7, 11) is 0. The average Bonchev–Trinajstić information content (AvgIpc) is 2.42. The molecule has 6 nitrogen and oxygen atoms in total. The first-order valence-corrected chi connectivity index (χ1v) is 7.66. The molecule has 2 atom stereocenters. The molecular weight excluding hydrogens is 294 g/mol. The molecule has 0 aliphatic carbocycles. The predicted molar refractivity (Wildman–Crippen MR) is 89.8 cm³/mol. The van der Waals surface area contributed by atoms with Gasteiger partial charge in [-0.25, -0.2) is 14.8 Å². The van der Waals surface area contributed by atoms with Crippen LogP contribution in [0.2, 0.25) is 0 Å². The molecule has 0 aromatic carbocycles. The zero-order valence-corrected chi connectivity index (χ0v) is 14.8. The van der Waals surface area contributed by atoms with Gasteiger partial charge in [0.1, 0.15) is 5.60 Å². The Labute approximate surface area is 138 Å². The molecule has 0 bridgehead atoms. The summed E-state index contributed by atoms with van der Waals surface area (Å²) < 4.78 is 5.43. The first kappa shape index (κ1) is 19.1. The van der Waals surface area contributed by atoms with E-state index in [0.717, 1.165) is 11.1 Å². The number of aliphatic hydroxyl groups excluding tert-OH is 1. The average molecular weight is 321 g/mol. The number of aromatic nitrogens is 2. The van der Waals surface area contributed by atoms with Gasteiger partial charge in [0, 0.05) is 18.0 Å². The van der Waals surface area contributed by atoms with Gasteiger partial charge in [-0.2, -0.15) is 0 Å². The van der Waals surface area contributed by atoms with Gasteiger partial charge in [-0.1, -0.05) is 6.58 Å². The second-order valence-electron chi connectivity index (χ2n) is 6.78. The first-order valence-electron chi connectivity index (χ1n) is 7.66. The fraction of sp³-hybridized carbons (Fsp3) is 0.588. The van der Waals surface area contributed by atoms with Crippen LogP contribution in [0.15, 0.2) is 19.0 Å². The molecular formula is C17H27N3O3. The Morgan fingerprint density at radius 3 is 2.26 bits per heavy atom. The standard InChI is InChI=1S/C17H27N3O3/c1-11(2)15-18-8-14(9-19-15)13(4)20(10-12(3)21)16(22)23-17(5,6)7/h8-9,12-13,21H,1,10H2,2-7H3/t12-,13?/m1/s1. The zero-order chi connectivity index (χ0) is 17.8. The number of rotatable bonds is 5.